The van der Waals surface area contributed by atoms with Gasteiger partial charge in [0.2, 0.25) is 0 Å². The summed E-state index contributed by atoms with van der Waals surface area (Å²) < 4.78 is 5.32. The van der Waals surface area contributed by atoms with Crippen molar-refractivity contribution in [3.63, 3.8) is 0 Å². The first-order valence-electron chi connectivity index (χ1n) is 7.15. The molecule has 2 N–H and O–H groups in total. The molecule has 106 valence electrons. The van der Waals surface area contributed by atoms with E-state index in [1.54, 1.807) is 6.26 Å². The second-order valence-corrected chi connectivity index (χ2v) is 5.58. The number of rotatable bonds is 6. The zero-order valence-electron chi connectivity index (χ0n) is 11.5. The fourth-order valence-corrected chi connectivity index (χ4v) is 2.93. The molecule has 1 fully saturated rings. The lowest BCUT2D eigenvalue weighted by atomic mass is 9.79. The Morgan fingerprint density at radius 3 is 3.00 bits per heavy atom. The van der Waals surface area contributed by atoms with Crippen molar-refractivity contribution in [3.05, 3.63) is 24.2 Å². The molecule has 0 aliphatic heterocycles. The van der Waals surface area contributed by atoms with Crippen molar-refractivity contribution in [2.24, 2.45) is 11.8 Å². The molecule has 3 atom stereocenters. The van der Waals surface area contributed by atoms with Crippen LogP contribution >= 0.6 is 0 Å². The Morgan fingerprint density at radius 1 is 1.53 bits per heavy atom. The molecule has 19 heavy (non-hydrogen) atoms. The summed E-state index contributed by atoms with van der Waals surface area (Å²) in [7, 11) is 0. The highest BCUT2D eigenvalue weighted by Crippen LogP contribution is 2.29. The topological polar surface area (TPSA) is 62.5 Å². The standard InChI is InChI=1S/C15H23NO3/c1-11(9-13-6-4-8-19-13)16-10-12-5-2-3-7-14(12)15(17)18/h4,6,8,11-12,14,16H,2-3,5,7,9-10H2,1H3,(H,17,18). The fourth-order valence-electron chi connectivity index (χ4n) is 2.93. The molecule has 1 aromatic rings. The Bertz CT molecular complexity index is 388. The Hall–Kier alpha value is -1.29. The van der Waals surface area contributed by atoms with E-state index in [2.05, 4.69) is 12.2 Å². The van der Waals surface area contributed by atoms with E-state index in [-0.39, 0.29) is 11.8 Å². The Balaban J connectivity index is 1.78. The predicted molar refractivity (Wildman–Crippen MR) is 73.0 cm³/mol. The van der Waals surface area contributed by atoms with Gasteiger partial charge in [-0.05, 0) is 44.4 Å². The van der Waals surface area contributed by atoms with Crippen LogP contribution in [0.1, 0.15) is 38.4 Å². The van der Waals surface area contributed by atoms with Gasteiger partial charge in [0.05, 0.1) is 12.2 Å². The van der Waals surface area contributed by atoms with Crippen LogP contribution in [0.25, 0.3) is 0 Å². The number of nitrogens with one attached hydrogen (secondary N) is 1. The predicted octanol–water partition coefficient (Wildman–Crippen LogP) is 2.69. The molecule has 4 heteroatoms. The highest BCUT2D eigenvalue weighted by atomic mass is 16.4. The fraction of sp³-hybridized carbons (Fsp3) is 0.667. The summed E-state index contributed by atoms with van der Waals surface area (Å²) in [6.07, 6.45) is 6.59. The average molecular weight is 265 g/mol. The molecular formula is C15H23NO3. The number of carbonyl (C=O) groups is 1. The van der Waals surface area contributed by atoms with Gasteiger partial charge in [-0.2, -0.15) is 0 Å². The molecule has 0 aromatic carbocycles. The van der Waals surface area contributed by atoms with E-state index in [0.717, 1.165) is 44.4 Å². The SMILES string of the molecule is CC(Cc1ccco1)NCC1CCCCC1C(=O)O. The molecule has 0 amide bonds. The van der Waals surface area contributed by atoms with Crippen LogP contribution in [-0.4, -0.2) is 23.7 Å². The van der Waals surface area contributed by atoms with Crippen molar-refractivity contribution in [1.29, 1.82) is 0 Å². The molecule has 1 aromatic heterocycles. The summed E-state index contributed by atoms with van der Waals surface area (Å²) in [4.78, 5) is 11.2. The van der Waals surface area contributed by atoms with Gasteiger partial charge in [0.25, 0.3) is 0 Å². The van der Waals surface area contributed by atoms with E-state index in [4.69, 9.17) is 4.42 Å². The van der Waals surface area contributed by atoms with Crippen molar-refractivity contribution in [2.45, 2.75) is 45.1 Å². The van der Waals surface area contributed by atoms with Gasteiger partial charge in [-0.3, -0.25) is 4.79 Å². The second-order valence-electron chi connectivity index (χ2n) is 5.58. The maximum Gasteiger partial charge on any atom is 0.306 e. The van der Waals surface area contributed by atoms with Gasteiger partial charge >= 0.3 is 5.97 Å². The first kappa shape index (κ1) is 14.1. The van der Waals surface area contributed by atoms with Gasteiger partial charge in [-0.1, -0.05) is 12.8 Å². The molecule has 1 heterocycles. The minimum absolute atomic E-state index is 0.169. The molecule has 2 rings (SSSR count). The lowest BCUT2D eigenvalue weighted by molar-refractivity contribution is -0.144. The van der Waals surface area contributed by atoms with Crippen molar-refractivity contribution < 1.29 is 14.3 Å². The second kappa shape index (κ2) is 6.75. The molecule has 0 radical (unpaired) electrons. The first-order chi connectivity index (χ1) is 9.16. The van der Waals surface area contributed by atoms with Crippen LogP contribution in [-0.2, 0) is 11.2 Å². The van der Waals surface area contributed by atoms with Crippen LogP contribution < -0.4 is 5.32 Å². The highest BCUT2D eigenvalue weighted by Gasteiger charge is 2.30. The molecule has 4 nitrogen and oxygen atoms in total. The molecule has 3 unspecified atom stereocenters. The Labute approximate surface area is 114 Å². The van der Waals surface area contributed by atoms with Crippen LogP contribution in [0.15, 0.2) is 22.8 Å². The molecule has 0 bridgehead atoms. The van der Waals surface area contributed by atoms with Gasteiger partial charge in [-0.25, -0.2) is 0 Å². The van der Waals surface area contributed by atoms with Crippen LogP contribution in [0.4, 0.5) is 0 Å². The summed E-state index contributed by atoms with van der Waals surface area (Å²) >= 11 is 0. The summed E-state index contributed by atoms with van der Waals surface area (Å²) in [6, 6.07) is 4.17. The van der Waals surface area contributed by atoms with Crippen molar-refractivity contribution >= 4 is 5.97 Å². The number of carboxylic acids is 1. The van der Waals surface area contributed by atoms with Crippen LogP contribution in [0, 0.1) is 11.8 Å². The molecule has 1 aliphatic rings. The van der Waals surface area contributed by atoms with Gasteiger partial charge in [0.15, 0.2) is 0 Å². The molecule has 1 aliphatic carbocycles. The largest absolute Gasteiger partial charge is 0.481 e. The third-order valence-electron chi connectivity index (χ3n) is 4.04. The lowest BCUT2D eigenvalue weighted by Gasteiger charge is -2.29. The van der Waals surface area contributed by atoms with E-state index < -0.39 is 5.97 Å². The summed E-state index contributed by atoms with van der Waals surface area (Å²) in [5.41, 5.74) is 0. The van der Waals surface area contributed by atoms with Crippen LogP contribution in [0.3, 0.4) is 0 Å². The summed E-state index contributed by atoms with van der Waals surface area (Å²) in [6.45, 7) is 2.90. The van der Waals surface area contributed by atoms with Crippen molar-refractivity contribution in [3.8, 4) is 0 Å². The third-order valence-corrected chi connectivity index (χ3v) is 4.04. The van der Waals surface area contributed by atoms with E-state index >= 15 is 0 Å². The van der Waals surface area contributed by atoms with Crippen molar-refractivity contribution in [2.75, 3.05) is 6.54 Å². The van der Waals surface area contributed by atoms with E-state index in [1.165, 1.54) is 0 Å². The third kappa shape index (κ3) is 4.10. The maximum atomic E-state index is 11.2. The van der Waals surface area contributed by atoms with Gasteiger partial charge < -0.3 is 14.8 Å². The number of furan rings is 1. The van der Waals surface area contributed by atoms with Crippen molar-refractivity contribution in [1.82, 2.24) is 5.32 Å². The van der Waals surface area contributed by atoms with Crippen LogP contribution in [0.2, 0.25) is 0 Å². The van der Waals surface area contributed by atoms with Gasteiger partial charge in [0.1, 0.15) is 5.76 Å². The first-order valence-corrected chi connectivity index (χ1v) is 7.15. The normalized spacial score (nSPS) is 25.1. The number of aliphatic carboxylic acids is 1. The zero-order valence-corrected chi connectivity index (χ0v) is 11.5. The number of hydrogen-bond donors (Lipinski definition) is 2. The zero-order chi connectivity index (χ0) is 13.7. The molecule has 0 saturated heterocycles. The minimum Gasteiger partial charge on any atom is -0.481 e. The smallest absolute Gasteiger partial charge is 0.306 e. The summed E-state index contributed by atoms with van der Waals surface area (Å²) in [5, 5.41) is 12.7. The van der Waals surface area contributed by atoms with Gasteiger partial charge in [-0.15, -0.1) is 0 Å². The van der Waals surface area contributed by atoms with E-state index in [1.807, 2.05) is 12.1 Å². The average Bonchev–Trinajstić information content (AvgIpc) is 2.89. The lowest BCUT2D eigenvalue weighted by Crippen LogP contribution is -2.38. The van der Waals surface area contributed by atoms with Gasteiger partial charge in [0, 0.05) is 12.5 Å². The van der Waals surface area contributed by atoms with Crippen LogP contribution in [0.5, 0.6) is 0 Å². The molecular weight excluding hydrogens is 242 g/mol. The maximum absolute atomic E-state index is 11.2. The Morgan fingerprint density at radius 2 is 2.32 bits per heavy atom. The monoisotopic (exact) mass is 265 g/mol. The number of carboxylic acid groups (broad SMARTS) is 1. The number of hydrogen-bond acceptors (Lipinski definition) is 3. The highest BCUT2D eigenvalue weighted by molar-refractivity contribution is 5.70. The van der Waals surface area contributed by atoms with E-state index in [9.17, 15) is 9.90 Å². The molecule has 1 saturated carbocycles. The quantitative estimate of drug-likeness (QED) is 0.830. The van der Waals surface area contributed by atoms with E-state index in [0.29, 0.717) is 6.04 Å². The summed E-state index contributed by atoms with van der Waals surface area (Å²) in [5.74, 6) is 0.436. The molecule has 0 spiro atoms. The Kier molecular flexibility index (Phi) is 5.02. The minimum atomic E-state index is -0.634.